The van der Waals surface area contributed by atoms with Gasteiger partial charge in [0.15, 0.2) is 5.82 Å². The molecule has 114 valence electrons. The van der Waals surface area contributed by atoms with Gasteiger partial charge in [-0.05, 0) is 25.3 Å². The van der Waals surface area contributed by atoms with Gasteiger partial charge in [0, 0.05) is 36.3 Å². The van der Waals surface area contributed by atoms with Gasteiger partial charge in [-0.3, -0.25) is 0 Å². The van der Waals surface area contributed by atoms with Gasteiger partial charge in [-0.25, -0.2) is 9.50 Å². The SMILES string of the molecule is CC(C)(C)c1cc2c(N3CCCCC3CCl)nccn2n1. The van der Waals surface area contributed by atoms with E-state index in [1.165, 1.54) is 12.8 Å². The van der Waals surface area contributed by atoms with E-state index in [1.54, 1.807) is 0 Å². The molecule has 0 aromatic carbocycles. The zero-order valence-corrected chi connectivity index (χ0v) is 13.8. The predicted molar refractivity (Wildman–Crippen MR) is 87.4 cm³/mol. The molecule has 0 saturated carbocycles. The maximum Gasteiger partial charge on any atom is 0.154 e. The third-order valence-electron chi connectivity index (χ3n) is 4.22. The highest BCUT2D eigenvalue weighted by Gasteiger charge is 2.26. The summed E-state index contributed by atoms with van der Waals surface area (Å²) in [7, 11) is 0. The highest BCUT2D eigenvalue weighted by Crippen LogP contribution is 2.30. The minimum Gasteiger partial charge on any atom is -0.351 e. The molecule has 1 fully saturated rings. The zero-order chi connectivity index (χ0) is 15.0. The maximum absolute atomic E-state index is 6.16. The van der Waals surface area contributed by atoms with Gasteiger partial charge in [0.1, 0.15) is 5.52 Å². The van der Waals surface area contributed by atoms with Crippen molar-refractivity contribution in [3.05, 3.63) is 24.2 Å². The predicted octanol–water partition coefficient (Wildman–Crippen LogP) is 3.62. The average molecular weight is 307 g/mol. The van der Waals surface area contributed by atoms with Crippen LogP contribution in [0.25, 0.3) is 5.52 Å². The van der Waals surface area contributed by atoms with E-state index in [0.29, 0.717) is 11.9 Å². The monoisotopic (exact) mass is 306 g/mol. The van der Waals surface area contributed by atoms with E-state index in [0.717, 1.165) is 30.0 Å². The first kappa shape index (κ1) is 14.6. The van der Waals surface area contributed by atoms with E-state index < -0.39 is 0 Å². The standard InChI is InChI=1S/C16H23ClN4/c1-16(2,3)14-10-13-15(18-7-9-21(13)19-14)20-8-5-4-6-12(20)11-17/h7,9-10,12H,4-6,8,11H2,1-3H3. The Bertz CT molecular complexity index is 629. The van der Waals surface area contributed by atoms with E-state index >= 15 is 0 Å². The van der Waals surface area contributed by atoms with Crippen LogP contribution in [-0.4, -0.2) is 33.1 Å². The molecule has 0 radical (unpaired) electrons. The summed E-state index contributed by atoms with van der Waals surface area (Å²) >= 11 is 6.16. The van der Waals surface area contributed by atoms with Gasteiger partial charge < -0.3 is 4.90 Å². The van der Waals surface area contributed by atoms with Crippen LogP contribution in [0.3, 0.4) is 0 Å². The summed E-state index contributed by atoms with van der Waals surface area (Å²) in [6.07, 6.45) is 7.36. The molecule has 2 aromatic heterocycles. The summed E-state index contributed by atoms with van der Waals surface area (Å²) in [5.41, 5.74) is 2.22. The first-order valence-corrected chi connectivity index (χ1v) is 8.21. The van der Waals surface area contributed by atoms with Crippen LogP contribution in [0.2, 0.25) is 0 Å². The van der Waals surface area contributed by atoms with Crippen molar-refractivity contribution < 1.29 is 0 Å². The fourth-order valence-electron chi connectivity index (χ4n) is 2.94. The van der Waals surface area contributed by atoms with Crippen LogP contribution < -0.4 is 4.90 Å². The molecule has 0 bridgehead atoms. The molecule has 1 atom stereocenters. The number of hydrogen-bond acceptors (Lipinski definition) is 3. The third-order valence-corrected chi connectivity index (χ3v) is 4.57. The minimum atomic E-state index is 0.0388. The first-order valence-electron chi connectivity index (χ1n) is 7.68. The second kappa shape index (κ2) is 5.48. The molecule has 1 aliphatic heterocycles. The molecule has 21 heavy (non-hydrogen) atoms. The number of anilines is 1. The van der Waals surface area contributed by atoms with Crippen molar-refractivity contribution in [2.24, 2.45) is 0 Å². The van der Waals surface area contributed by atoms with Crippen molar-refractivity contribution >= 4 is 22.9 Å². The van der Waals surface area contributed by atoms with Crippen molar-refractivity contribution in [3.63, 3.8) is 0 Å². The largest absolute Gasteiger partial charge is 0.351 e. The van der Waals surface area contributed by atoms with Gasteiger partial charge in [0.05, 0.1) is 5.69 Å². The summed E-state index contributed by atoms with van der Waals surface area (Å²) in [6, 6.07) is 2.55. The smallest absolute Gasteiger partial charge is 0.154 e. The average Bonchev–Trinajstić information content (AvgIpc) is 2.91. The quantitative estimate of drug-likeness (QED) is 0.795. The molecule has 4 nitrogen and oxygen atoms in total. The van der Waals surface area contributed by atoms with Crippen molar-refractivity contribution in [2.75, 3.05) is 17.3 Å². The van der Waals surface area contributed by atoms with E-state index in [4.69, 9.17) is 16.7 Å². The third kappa shape index (κ3) is 2.73. The van der Waals surface area contributed by atoms with Crippen molar-refractivity contribution in [1.82, 2.24) is 14.6 Å². The fraction of sp³-hybridized carbons (Fsp3) is 0.625. The van der Waals surface area contributed by atoms with Crippen LogP contribution in [-0.2, 0) is 5.41 Å². The molecule has 5 heteroatoms. The lowest BCUT2D eigenvalue weighted by Crippen LogP contribution is -2.41. The minimum absolute atomic E-state index is 0.0388. The Labute approximate surface area is 131 Å². The van der Waals surface area contributed by atoms with Gasteiger partial charge in [0.25, 0.3) is 0 Å². The Kier molecular flexibility index (Phi) is 3.82. The highest BCUT2D eigenvalue weighted by molar-refractivity contribution is 6.18. The molecule has 0 aliphatic carbocycles. The summed E-state index contributed by atoms with van der Waals surface area (Å²) in [6.45, 7) is 7.58. The molecule has 3 rings (SSSR count). The van der Waals surface area contributed by atoms with Gasteiger partial charge >= 0.3 is 0 Å². The lowest BCUT2D eigenvalue weighted by atomic mass is 9.92. The van der Waals surface area contributed by atoms with Gasteiger partial charge in [-0.1, -0.05) is 20.8 Å². The van der Waals surface area contributed by atoms with Crippen LogP contribution >= 0.6 is 11.6 Å². The zero-order valence-electron chi connectivity index (χ0n) is 13.0. The molecule has 1 aliphatic rings. The number of hydrogen-bond donors (Lipinski definition) is 0. The molecule has 0 amide bonds. The second-order valence-corrected chi connectivity index (χ2v) is 7.17. The number of nitrogens with zero attached hydrogens (tertiary/aromatic N) is 4. The molecule has 2 aromatic rings. The van der Waals surface area contributed by atoms with Crippen LogP contribution in [0.1, 0.15) is 45.7 Å². The molecule has 0 N–H and O–H groups in total. The Morgan fingerprint density at radius 2 is 2.14 bits per heavy atom. The summed E-state index contributed by atoms with van der Waals surface area (Å²) < 4.78 is 1.95. The van der Waals surface area contributed by atoms with Gasteiger partial charge in [-0.2, -0.15) is 5.10 Å². The lowest BCUT2D eigenvalue weighted by molar-refractivity contribution is 0.485. The van der Waals surface area contributed by atoms with Crippen LogP contribution in [0, 0.1) is 0 Å². The van der Waals surface area contributed by atoms with Crippen molar-refractivity contribution in [1.29, 1.82) is 0 Å². The molecular weight excluding hydrogens is 284 g/mol. The Balaban J connectivity index is 2.07. The van der Waals surface area contributed by atoms with Crippen LogP contribution in [0.4, 0.5) is 5.82 Å². The van der Waals surface area contributed by atoms with Gasteiger partial charge in [-0.15, -0.1) is 11.6 Å². The normalized spacial score (nSPS) is 20.2. The number of piperidine rings is 1. The molecule has 3 heterocycles. The van der Waals surface area contributed by atoms with Gasteiger partial charge in [0.2, 0.25) is 0 Å². The van der Waals surface area contributed by atoms with E-state index in [2.05, 4.69) is 36.7 Å². The summed E-state index contributed by atoms with van der Waals surface area (Å²) in [5, 5.41) is 4.71. The lowest BCUT2D eigenvalue weighted by Gasteiger charge is -2.35. The summed E-state index contributed by atoms with van der Waals surface area (Å²) in [5.74, 6) is 1.68. The van der Waals surface area contributed by atoms with E-state index in [9.17, 15) is 0 Å². The fourth-order valence-corrected chi connectivity index (χ4v) is 3.26. The second-order valence-electron chi connectivity index (χ2n) is 6.86. The van der Waals surface area contributed by atoms with E-state index in [1.807, 2.05) is 16.9 Å². The van der Waals surface area contributed by atoms with Crippen LogP contribution in [0.5, 0.6) is 0 Å². The Hall–Kier alpha value is -1.29. The Morgan fingerprint density at radius 3 is 2.86 bits per heavy atom. The highest BCUT2D eigenvalue weighted by atomic mass is 35.5. The number of alkyl halides is 1. The maximum atomic E-state index is 6.16. The van der Waals surface area contributed by atoms with Crippen molar-refractivity contribution in [2.45, 2.75) is 51.5 Å². The molecular formula is C16H23ClN4. The molecule has 1 unspecified atom stereocenters. The number of halogens is 1. The number of fused-ring (bicyclic) bond motifs is 1. The van der Waals surface area contributed by atoms with Crippen molar-refractivity contribution in [3.8, 4) is 0 Å². The Morgan fingerprint density at radius 1 is 1.33 bits per heavy atom. The van der Waals surface area contributed by atoms with Crippen LogP contribution in [0.15, 0.2) is 18.5 Å². The first-order chi connectivity index (χ1) is 10.0. The van der Waals surface area contributed by atoms with E-state index in [-0.39, 0.29) is 5.41 Å². The number of aromatic nitrogens is 3. The molecule has 0 spiro atoms. The summed E-state index contributed by atoms with van der Waals surface area (Å²) in [4.78, 5) is 6.99. The molecule has 1 saturated heterocycles. The topological polar surface area (TPSA) is 33.4 Å². The number of rotatable bonds is 2.